The highest BCUT2D eigenvalue weighted by Crippen LogP contribution is 2.15. The number of nitrogens with one attached hydrogen (secondary N) is 2. The Hall–Kier alpha value is -3.64. The minimum atomic E-state index is -0.424. The van der Waals surface area contributed by atoms with Crippen LogP contribution in [0.25, 0.3) is 0 Å². The zero-order valence-electron chi connectivity index (χ0n) is 17.0. The summed E-state index contributed by atoms with van der Waals surface area (Å²) in [6.07, 6.45) is 1.51. The van der Waals surface area contributed by atoms with E-state index >= 15 is 0 Å². The Balaban J connectivity index is 1.45. The molecule has 2 amide bonds. The lowest BCUT2D eigenvalue weighted by molar-refractivity contribution is -0.120. The molecule has 0 unspecified atom stereocenters. The second-order valence-electron chi connectivity index (χ2n) is 6.83. The van der Waals surface area contributed by atoms with Gasteiger partial charge in [-0.2, -0.15) is 5.10 Å². The van der Waals surface area contributed by atoms with Crippen molar-refractivity contribution in [2.24, 2.45) is 5.10 Å². The Morgan fingerprint density at radius 2 is 1.77 bits per heavy atom. The van der Waals surface area contributed by atoms with E-state index in [9.17, 15) is 9.59 Å². The summed E-state index contributed by atoms with van der Waals surface area (Å²) in [5, 5.41) is 7.16. The van der Waals surface area contributed by atoms with Gasteiger partial charge in [0.25, 0.3) is 11.8 Å². The maximum Gasteiger partial charge on any atom is 0.259 e. The van der Waals surface area contributed by atoms with Gasteiger partial charge in [-0.25, -0.2) is 5.43 Å². The van der Waals surface area contributed by atoms with Crippen molar-refractivity contribution in [1.29, 1.82) is 0 Å². The van der Waals surface area contributed by atoms with E-state index < -0.39 is 5.91 Å². The number of nitrogens with zero attached hydrogens (tertiary/aromatic N) is 1. The molecule has 0 aliphatic rings. The van der Waals surface area contributed by atoms with Gasteiger partial charge in [0.05, 0.1) is 12.8 Å². The van der Waals surface area contributed by atoms with Crippen LogP contribution in [0.15, 0.2) is 77.9 Å². The van der Waals surface area contributed by atoms with Crippen LogP contribution in [0.5, 0.6) is 5.75 Å². The van der Waals surface area contributed by atoms with Gasteiger partial charge in [-0.15, -0.1) is 0 Å². The quantitative estimate of drug-likeness (QED) is 0.413. The van der Waals surface area contributed by atoms with Crippen LogP contribution in [0, 0.1) is 6.92 Å². The summed E-state index contributed by atoms with van der Waals surface area (Å²) in [4.78, 5) is 23.9. The van der Waals surface area contributed by atoms with E-state index in [1.54, 1.807) is 12.1 Å². The number of benzene rings is 3. The molecule has 2 N–H and O–H groups in total. The minimum absolute atomic E-state index is 0.172. The third-order valence-corrected chi connectivity index (χ3v) is 4.55. The number of rotatable bonds is 8. The molecule has 31 heavy (non-hydrogen) atoms. The number of carbonyl (C=O) groups excluding carboxylic acids is 2. The van der Waals surface area contributed by atoms with E-state index in [1.807, 2.05) is 67.6 Å². The summed E-state index contributed by atoms with van der Waals surface area (Å²) < 4.78 is 5.77. The van der Waals surface area contributed by atoms with E-state index in [0.29, 0.717) is 22.9 Å². The molecule has 0 radical (unpaired) electrons. The fourth-order valence-corrected chi connectivity index (χ4v) is 2.74. The molecule has 158 valence electrons. The van der Waals surface area contributed by atoms with Crippen molar-refractivity contribution in [3.63, 3.8) is 0 Å². The third kappa shape index (κ3) is 7.28. The first-order valence-corrected chi connectivity index (χ1v) is 10.0. The molecular weight excluding hydrogens is 414 g/mol. The van der Waals surface area contributed by atoms with Crippen molar-refractivity contribution in [2.45, 2.75) is 13.5 Å². The van der Waals surface area contributed by atoms with Gasteiger partial charge in [-0.1, -0.05) is 53.6 Å². The zero-order valence-corrected chi connectivity index (χ0v) is 17.7. The van der Waals surface area contributed by atoms with Crippen LogP contribution in [-0.4, -0.2) is 24.6 Å². The third-order valence-electron chi connectivity index (χ3n) is 4.30. The summed E-state index contributed by atoms with van der Waals surface area (Å²) in [6, 6.07) is 21.9. The number of hydrogen-bond acceptors (Lipinski definition) is 4. The summed E-state index contributed by atoms with van der Waals surface area (Å²) in [6.45, 7) is 2.18. The Labute approximate surface area is 185 Å². The molecule has 0 atom stereocenters. The first-order valence-electron chi connectivity index (χ1n) is 9.64. The topological polar surface area (TPSA) is 79.8 Å². The maximum atomic E-state index is 12.0. The monoisotopic (exact) mass is 435 g/mol. The molecule has 0 aliphatic heterocycles. The van der Waals surface area contributed by atoms with Crippen molar-refractivity contribution < 1.29 is 14.3 Å². The molecule has 7 heteroatoms. The van der Waals surface area contributed by atoms with Crippen LogP contribution in [0.2, 0.25) is 5.02 Å². The lowest BCUT2D eigenvalue weighted by Gasteiger charge is -2.07. The molecule has 6 nitrogen and oxygen atoms in total. The van der Waals surface area contributed by atoms with Crippen LogP contribution >= 0.6 is 11.6 Å². The van der Waals surface area contributed by atoms with Crippen molar-refractivity contribution >= 4 is 29.6 Å². The first-order chi connectivity index (χ1) is 15.0. The number of hydrogen-bond donors (Lipinski definition) is 2. The predicted molar refractivity (Wildman–Crippen MR) is 121 cm³/mol. The van der Waals surface area contributed by atoms with E-state index in [4.69, 9.17) is 16.3 Å². The van der Waals surface area contributed by atoms with Gasteiger partial charge in [-0.05, 0) is 54.4 Å². The van der Waals surface area contributed by atoms with E-state index in [2.05, 4.69) is 15.8 Å². The number of aryl methyl sites for hydroxylation is 1. The molecule has 0 aromatic heterocycles. The highest BCUT2D eigenvalue weighted by Gasteiger charge is 2.07. The highest BCUT2D eigenvalue weighted by molar-refractivity contribution is 6.30. The van der Waals surface area contributed by atoms with Crippen molar-refractivity contribution in [1.82, 2.24) is 10.7 Å². The van der Waals surface area contributed by atoms with Gasteiger partial charge in [0.15, 0.2) is 0 Å². The molecule has 0 bridgehead atoms. The molecular formula is C24H22ClN3O3. The van der Waals surface area contributed by atoms with Gasteiger partial charge in [0, 0.05) is 10.6 Å². The second-order valence-corrected chi connectivity index (χ2v) is 7.27. The van der Waals surface area contributed by atoms with Crippen molar-refractivity contribution in [3.05, 3.63) is 100 Å². The van der Waals surface area contributed by atoms with Gasteiger partial charge in [-0.3, -0.25) is 9.59 Å². The van der Waals surface area contributed by atoms with Crippen LogP contribution in [0.4, 0.5) is 0 Å². The van der Waals surface area contributed by atoms with Crippen molar-refractivity contribution in [2.75, 3.05) is 6.54 Å². The van der Waals surface area contributed by atoms with Gasteiger partial charge in [0.1, 0.15) is 12.4 Å². The lowest BCUT2D eigenvalue weighted by atomic mass is 10.1. The lowest BCUT2D eigenvalue weighted by Crippen LogP contribution is -2.34. The Kier molecular flexibility index (Phi) is 7.79. The molecule has 0 saturated heterocycles. The zero-order chi connectivity index (χ0) is 22.1. The van der Waals surface area contributed by atoms with Gasteiger partial charge in [0.2, 0.25) is 0 Å². The van der Waals surface area contributed by atoms with Crippen LogP contribution < -0.4 is 15.5 Å². The normalized spacial score (nSPS) is 10.6. The average molecular weight is 436 g/mol. The Morgan fingerprint density at radius 3 is 2.52 bits per heavy atom. The van der Waals surface area contributed by atoms with Crippen molar-refractivity contribution in [3.8, 4) is 5.75 Å². The van der Waals surface area contributed by atoms with Gasteiger partial charge >= 0.3 is 0 Å². The van der Waals surface area contributed by atoms with E-state index in [0.717, 1.165) is 16.7 Å². The summed E-state index contributed by atoms with van der Waals surface area (Å²) in [5.74, 6) is -0.0629. The van der Waals surface area contributed by atoms with Gasteiger partial charge < -0.3 is 10.1 Å². The largest absolute Gasteiger partial charge is 0.489 e. The second kappa shape index (κ2) is 10.9. The number of carbonyl (C=O) groups is 2. The number of halogens is 1. The number of amides is 2. The average Bonchev–Trinajstić information content (AvgIpc) is 2.78. The number of hydrazone groups is 1. The highest BCUT2D eigenvalue weighted by atomic mass is 35.5. The molecule has 0 aliphatic carbocycles. The standard InChI is InChI=1S/C24H22ClN3O3/c1-17-5-9-20(10-6-17)24(30)26-15-23(29)28-27-14-19-3-2-4-22(13-19)31-16-18-7-11-21(25)12-8-18/h2-14H,15-16H2,1H3,(H,26,30)(H,28,29)/b27-14-. The molecule has 3 rings (SSSR count). The molecule has 3 aromatic carbocycles. The molecule has 0 saturated carbocycles. The Bertz CT molecular complexity index is 1060. The molecule has 3 aromatic rings. The summed E-state index contributed by atoms with van der Waals surface area (Å²) in [5.41, 5.74) is 5.71. The maximum absolute atomic E-state index is 12.0. The van der Waals surface area contributed by atoms with Crippen LogP contribution in [0.3, 0.4) is 0 Å². The van der Waals surface area contributed by atoms with Crippen LogP contribution in [-0.2, 0) is 11.4 Å². The summed E-state index contributed by atoms with van der Waals surface area (Å²) in [7, 11) is 0. The SMILES string of the molecule is Cc1ccc(C(=O)NCC(=O)N/N=C\c2cccc(OCc3ccc(Cl)cc3)c2)cc1. The smallest absolute Gasteiger partial charge is 0.259 e. The molecule has 0 spiro atoms. The minimum Gasteiger partial charge on any atom is -0.489 e. The fourth-order valence-electron chi connectivity index (χ4n) is 2.62. The molecule has 0 fully saturated rings. The molecule has 0 heterocycles. The van der Waals surface area contributed by atoms with E-state index in [1.165, 1.54) is 6.21 Å². The fraction of sp³-hybridized carbons (Fsp3) is 0.125. The number of ether oxygens (including phenoxy) is 1. The van der Waals surface area contributed by atoms with E-state index in [-0.39, 0.29) is 12.5 Å². The predicted octanol–water partition coefficient (Wildman–Crippen LogP) is 4.11. The van der Waals surface area contributed by atoms with Crippen LogP contribution in [0.1, 0.15) is 27.0 Å². The Morgan fingerprint density at radius 1 is 1.03 bits per heavy atom. The first kappa shape index (κ1) is 22.1. The summed E-state index contributed by atoms with van der Waals surface area (Å²) >= 11 is 5.88.